The standard InChI is InChI=1S/C18H13ClN2O5S/c19-14-9-10(5-6-13(14)17(24)25)20-15(22)11-3-1-2-4-12(11)16(23)21-7-8-27-18(21)26/h1-6,9H,7-8H2,(H,20,22)(H,24,25). The molecule has 3 rings (SSSR count). The molecule has 2 aromatic rings. The predicted octanol–water partition coefficient (Wildman–Crippen LogP) is 3.60. The van der Waals surface area contributed by atoms with Gasteiger partial charge in [-0.05, 0) is 30.3 Å². The Morgan fingerprint density at radius 3 is 2.37 bits per heavy atom. The molecule has 1 heterocycles. The summed E-state index contributed by atoms with van der Waals surface area (Å²) in [5.74, 6) is -1.76. The summed E-state index contributed by atoms with van der Waals surface area (Å²) in [6, 6.07) is 10.2. The Morgan fingerprint density at radius 1 is 1.07 bits per heavy atom. The van der Waals surface area contributed by atoms with Gasteiger partial charge in [-0.2, -0.15) is 0 Å². The van der Waals surface area contributed by atoms with Crippen LogP contribution in [0.3, 0.4) is 0 Å². The minimum atomic E-state index is -1.18. The van der Waals surface area contributed by atoms with Crippen LogP contribution in [0.2, 0.25) is 5.02 Å². The Kier molecular flexibility index (Phi) is 5.48. The van der Waals surface area contributed by atoms with E-state index in [1.54, 1.807) is 12.1 Å². The van der Waals surface area contributed by atoms with Gasteiger partial charge in [-0.3, -0.25) is 19.3 Å². The largest absolute Gasteiger partial charge is 0.478 e. The highest BCUT2D eigenvalue weighted by Crippen LogP contribution is 2.24. The minimum absolute atomic E-state index is 0.0238. The molecule has 0 unspecified atom stereocenters. The lowest BCUT2D eigenvalue weighted by molar-refractivity contribution is 0.0696. The van der Waals surface area contributed by atoms with Gasteiger partial charge in [0.2, 0.25) is 0 Å². The number of carbonyl (C=O) groups is 4. The monoisotopic (exact) mass is 404 g/mol. The average molecular weight is 405 g/mol. The zero-order valence-corrected chi connectivity index (χ0v) is 15.3. The number of hydrogen-bond acceptors (Lipinski definition) is 5. The van der Waals surface area contributed by atoms with Crippen molar-refractivity contribution in [1.82, 2.24) is 4.90 Å². The molecule has 138 valence electrons. The summed E-state index contributed by atoms with van der Waals surface area (Å²) in [5, 5.41) is 11.2. The zero-order valence-electron chi connectivity index (χ0n) is 13.8. The van der Waals surface area contributed by atoms with Gasteiger partial charge < -0.3 is 10.4 Å². The number of imide groups is 1. The van der Waals surface area contributed by atoms with Gasteiger partial charge in [0.15, 0.2) is 0 Å². The molecule has 1 saturated heterocycles. The average Bonchev–Trinajstić information content (AvgIpc) is 3.06. The van der Waals surface area contributed by atoms with E-state index in [9.17, 15) is 19.2 Å². The van der Waals surface area contributed by atoms with Gasteiger partial charge in [0, 0.05) is 18.0 Å². The van der Waals surface area contributed by atoms with Crippen LogP contribution in [0.4, 0.5) is 10.5 Å². The second-order valence-corrected chi connectivity index (χ2v) is 7.02. The van der Waals surface area contributed by atoms with Crippen LogP contribution >= 0.6 is 23.4 Å². The first-order chi connectivity index (χ1) is 12.9. The molecule has 0 radical (unpaired) electrons. The van der Waals surface area contributed by atoms with E-state index in [1.807, 2.05) is 0 Å². The number of nitrogens with one attached hydrogen (secondary N) is 1. The third-order valence-corrected chi connectivity index (χ3v) is 5.03. The number of carboxylic acids is 1. The smallest absolute Gasteiger partial charge is 0.337 e. The molecule has 0 aromatic heterocycles. The third-order valence-electron chi connectivity index (χ3n) is 3.87. The molecule has 1 fully saturated rings. The first kappa shape index (κ1) is 18.9. The second kappa shape index (κ2) is 7.81. The molecule has 3 amide bonds. The van der Waals surface area contributed by atoms with Crippen LogP contribution in [0.1, 0.15) is 31.1 Å². The van der Waals surface area contributed by atoms with Crippen molar-refractivity contribution in [2.75, 3.05) is 17.6 Å². The van der Waals surface area contributed by atoms with Crippen LogP contribution in [-0.4, -0.2) is 45.3 Å². The van der Waals surface area contributed by atoms with E-state index in [0.717, 1.165) is 16.7 Å². The van der Waals surface area contributed by atoms with Crippen molar-refractivity contribution in [2.24, 2.45) is 0 Å². The first-order valence-corrected chi connectivity index (χ1v) is 9.16. The number of nitrogens with zero attached hydrogens (tertiary/aromatic N) is 1. The molecule has 0 bridgehead atoms. The lowest BCUT2D eigenvalue weighted by Crippen LogP contribution is -2.32. The van der Waals surface area contributed by atoms with Crippen LogP contribution in [-0.2, 0) is 0 Å². The Bertz CT molecular complexity index is 963. The number of hydrogen-bond donors (Lipinski definition) is 2. The van der Waals surface area contributed by atoms with E-state index in [0.29, 0.717) is 12.3 Å². The van der Waals surface area contributed by atoms with Gasteiger partial charge in [0.1, 0.15) is 0 Å². The number of carboxylic acid groups (broad SMARTS) is 1. The van der Waals surface area contributed by atoms with Crippen LogP contribution in [0.15, 0.2) is 42.5 Å². The highest BCUT2D eigenvalue weighted by atomic mass is 35.5. The molecule has 0 aliphatic carbocycles. The van der Waals surface area contributed by atoms with Crippen LogP contribution in [0.25, 0.3) is 0 Å². The zero-order chi connectivity index (χ0) is 19.6. The maximum absolute atomic E-state index is 12.6. The Morgan fingerprint density at radius 2 is 1.78 bits per heavy atom. The van der Waals surface area contributed by atoms with Crippen molar-refractivity contribution in [1.29, 1.82) is 0 Å². The van der Waals surface area contributed by atoms with Crippen LogP contribution < -0.4 is 5.32 Å². The summed E-state index contributed by atoms with van der Waals surface area (Å²) < 4.78 is 0. The van der Waals surface area contributed by atoms with Crippen molar-refractivity contribution in [3.8, 4) is 0 Å². The van der Waals surface area contributed by atoms with E-state index < -0.39 is 17.8 Å². The fourth-order valence-corrected chi connectivity index (χ4v) is 3.60. The Hall–Kier alpha value is -2.84. The lowest BCUT2D eigenvalue weighted by atomic mass is 10.1. The highest BCUT2D eigenvalue weighted by molar-refractivity contribution is 8.13. The summed E-state index contributed by atoms with van der Waals surface area (Å²) in [6.07, 6.45) is 0. The Balaban J connectivity index is 1.85. The molecular formula is C18H13ClN2O5S. The number of rotatable bonds is 4. The molecule has 0 atom stereocenters. The number of halogens is 1. The number of thioether (sulfide) groups is 1. The van der Waals surface area contributed by atoms with E-state index in [2.05, 4.69) is 5.32 Å². The molecular weight excluding hydrogens is 392 g/mol. The quantitative estimate of drug-likeness (QED) is 0.806. The summed E-state index contributed by atoms with van der Waals surface area (Å²) >= 11 is 6.96. The van der Waals surface area contributed by atoms with Crippen molar-refractivity contribution in [3.05, 3.63) is 64.2 Å². The van der Waals surface area contributed by atoms with Gasteiger partial charge >= 0.3 is 5.97 Å². The SMILES string of the molecule is O=C(O)c1ccc(NC(=O)c2ccccc2C(=O)N2CCSC2=O)cc1Cl. The van der Waals surface area contributed by atoms with E-state index in [4.69, 9.17) is 16.7 Å². The summed E-state index contributed by atoms with van der Waals surface area (Å²) in [7, 11) is 0. The van der Waals surface area contributed by atoms with Gasteiger partial charge in [0.05, 0.1) is 21.7 Å². The Labute approximate surface area is 163 Å². The van der Waals surface area contributed by atoms with Crippen molar-refractivity contribution in [3.63, 3.8) is 0 Å². The molecule has 9 heteroatoms. The summed E-state index contributed by atoms with van der Waals surface area (Å²) in [6.45, 7) is 0.296. The molecule has 2 N–H and O–H groups in total. The molecule has 1 aliphatic rings. The molecule has 2 aromatic carbocycles. The maximum Gasteiger partial charge on any atom is 0.337 e. The molecule has 1 aliphatic heterocycles. The van der Waals surface area contributed by atoms with Crippen LogP contribution in [0, 0.1) is 0 Å². The fraction of sp³-hybridized carbons (Fsp3) is 0.111. The highest BCUT2D eigenvalue weighted by Gasteiger charge is 2.30. The summed E-state index contributed by atoms with van der Waals surface area (Å²) in [5.41, 5.74) is 0.407. The van der Waals surface area contributed by atoms with Gasteiger partial charge in [-0.25, -0.2) is 4.79 Å². The van der Waals surface area contributed by atoms with E-state index >= 15 is 0 Å². The van der Waals surface area contributed by atoms with Crippen molar-refractivity contribution >= 4 is 52.1 Å². The lowest BCUT2D eigenvalue weighted by Gasteiger charge is -2.15. The molecule has 7 nitrogen and oxygen atoms in total. The third kappa shape index (κ3) is 3.96. The molecule has 0 saturated carbocycles. The van der Waals surface area contributed by atoms with Gasteiger partial charge in [-0.1, -0.05) is 35.5 Å². The maximum atomic E-state index is 12.6. The van der Waals surface area contributed by atoms with E-state index in [-0.39, 0.29) is 32.6 Å². The number of amides is 3. The number of anilines is 1. The number of benzene rings is 2. The minimum Gasteiger partial charge on any atom is -0.478 e. The van der Waals surface area contributed by atoms with Gasteiger partial charge in [-0.15, -0.1) is 0 Å². The van der Waals surface area contributed by atoms with Crippen molar-refractivity contribution < 1.29 is 24.3 Å². The number of carbonyl (C=O) groups excluding carboxylic acids is 3. The molecule has 27 heavy (non-hydrogen) atoms. The number of aromatic carboxylic acids is 1. The fourth-order valence-electron chi connectivity index (χ4n) is 2.56. The van der Waals surface area contributed by atoms with Crippen molar-refractivity contribution in [2.45, 2.75) is 0 Å². The predicted molar refractivity (Wildman–Crippen MR) is 102 cm³/mol. The van der Waals surface area contributed by atoms with Gasteiger partial charge in [0.25, 0.3) is 17.1 Å². The second-order valence-electron chi connectivity index (χ2n) is 5.57. The topological polar surface area (TPSA) is 104 Å². The normalized spacial score (nSPS) is 13.5. The summed E-state index contributed by atoms with van der Waals surface area (Å²) in [4.78, 5) is 49.2. The van der Waals surface area contributed by atoms with Crippen LogP contribution in [0.5, 0.6) is 0 Å². The van der Waals surface area contributed by atoms with E-state index in [1.165, 1.54) is 30.3 Å². The molecule has 0 spiro atoms. The first-order valence-electron chi connectivity index (χ1n) is 7.80.